The van der Waals surface area contributed by atoms with Crippen LogP contribution in [0.2, 0.25) is 0 Å². The molecule has 1 atom stereocenters. The molecule has 0 aromatic heterocycles. The maximum atomic E-state index is 13.1. The fourth-order valence-electron chi connectivity index (χ4n) is 2.28. The number of nitrogens with zero attached hydrogens (tertiary/aromatic N) is 1. The Balaban J connectivity index is 2.31. The fourth-order valence-corrected chi connectivity index (χ4v) is 2.28. The van der Waals surface area contributed by atoms with Crippen LogP contribution in [0.15, 0.2) is 18.2 Å². The number of hydrogen-bond donors (Lipinski definition) is 1. The zero-order chi connectivity index (χ0) is 11.5. The third-order valence-corrected chi connectivity index (χ3v) is 3.14. The number of halogens is 1. The molecule has 0 saturated carbocycles. The summed E-state index contributed by atoms with van der Waals surface area (Å²) in [4.78, 5) is 2.24. The molecule has 0 amide bonds. The topological polar surface area (TPSA) is 23.5 Å². The van der Waals surface area contributed by atoms with Gasteiger partial charge in [-0.05, 0) is 44.4 Å². The molecule has 2 nitrogen and oxygen atoms in total. The van der Waals surface area contributed by atoms with Crippen LogP contribution in [0, 0.1) is 5.82 Å². The van der Waals surface area contributed by atoms with E-state index < -0.39 is 6.10 Å². The molecule has 1 N–H and O–H groups in total. The van der Waals surface area contributed by atoms with Gasteiger partial charge in [-0.2, -0.15) is 0 Å². The minimum absolute atomic E-state index is 0.281. The SMILES string of the molecule is CC(O)c1cc(F)ccc1N1CCCCC1. The predicted molar refractivity (Wildman–Crippen MR) is 63.1 cm³/mol. The van der Waals surface area contributed by atoms with E-state index in [2.05, 4.69) is 4.90 Å². The quantitative estimate of drug-likeness (QED) is 0.833. The van der Waals surface area contributed by atoms with Crippen molar-refractivity contribution in [2.75, 3.05) is 18.0 Å². The van der Waals surface area contributed by atoms with E-state index in [0.717, 1.165) is 18.8 Å². The predicted octanol–water partition coefficient (Wildman–Crippen LogP) is 2.87. The van der Waals surface area contributed by atoms with Crippen LogP contribution in [0.4, 0.5) is 10.1 Å². The molecule has 1 unspecified atom stereocenters. The van der Waals surface area contributed by atoms with Crippen LogP contribution in [-0.4, -0.2) is 18.2 Å². The second-order valence-electron chi connectivity index (χ2n) is 4.43. The van der Waals surface area contributed by atoms with Gasteiger partial charge in [0.15, 0.2) is 0 Å². The lowest BCUT2D eigenvalue weighted by Crippen LogP contribution is -2.30. The first-order valence-electron chi connectivity index (χ1n) is 5.91. The van der Waals surface area contributed by atoms with Crippen molar-refractivity contribution in [2.45, 2.75) is 32.3 Å². The first-order valence-corrected chi connectivity index (χ1v) is 5.91. The molecule has 1 heterocycles. The Morgan fingerprint density at radius 2 is 1.94 bits per heavy atom. The summed E-state index contributed by atoms with van der Waals surface area (Å²) in [5.41, 5.74) is 1.68. The minimum Gasteiger partial charge on any atom is -0.389 e. The standard InChI is InChI=1S/C13H18FNO/c1-10(16)12-9-11(14)5-6-13(12)15-7-3-2-4-8-15/h5-6,9-10,16H,2-4,7-8H2,1H3. The maximum Gasteiger partial charge on any atom is 0.123 e. The Kier molecular flexibility index (Phi) is 3.44. The molecule has 0 bridgehead atoms. The highest BCUT2D eigenvalue weighted by atomic mass is 19.1. The Morgan fingerprint density at radius 3 is 2.56 bits per heavy atom. The van der Waals surface area contributed by atoms with Crippen LogP contribution in [0.3, 0.4) is 0 Å². The summed E-state index contributed by atoms with van der Waals surface area (Å²) in [6.45, 7) is 3.69. The molecule has 88 valence electrons. The number of hydrogen-bond acceptors (Lipinski definition) is 2. The highest BCUT2D eigenvalue weighted by Crippen LogP contribution is 2.29. The Hall–Kier alpha value is -1.09. The summed E-state index contributed by atoms with van der Waals surface area (Å²) < 4.78 is 13.1. The van der Waals surface area contributed by atoms with Crippen molar-refractivity contribution in [3.63, 3.8) is 0 Å². The summed E-state index contributed by atoms with van der Waals surface area (Å²) in [6.07, 6.45) is 3.00. The largest absolute Gasteiger partial charge is 0.389 e. The van der Waals surface area contributed by atoms with Gasteiger partial charge < -0.3 is 10.0 Å². The van der Waals surface area contributed by atoms with Crippen LogP contribution in [-0.2, 0) is 0 Å². The Labute approximate surface area is 95.7 Å². The third-order valence-electron chi connectivity index (χ3n) is 3.14. The van der Waals surface area contributed by atoms with Crippen molar-refractivity contribution in [3.05, 3.63) is 29.6 Å². The van der Waals surface area contributed by atoms with Crippen molar-refractivity contribution in [3.8, 4) is 0 Å². The van der Waals surface area contributed by atoms with Crippen molar-refractivity contribution in [1.29, 1.82) is 0 Å². The summed E-state index contributed by atoms with van der Waals surface area (Å²) in [6, 6.07) is 4.69. The lowest BCUT2D eigenvalue weighted by Gasteiger charge is -2.31. The van der Waals surface area contributed by atoms with Crippen LogP contribution in [0.5, 0.6) is 0 Å². The summed E-state index contributed by atoms with van der Waals surface area (Å²) in [5.74, 6) is -0.281. The molecule has 3 heteroatoms. The van der Waals surface area contributed by atoms with E-state index >= 15 is 0 Å². The molecule has 1 aliphatic rings. The average molecular weight is 223 g/mol. The lowest BCUT2D eigenvalue weighted by atomic mass is 10.0. The average Bonchev–Trinajstić information content (AvgIpc) is 2.30. The van der Waals surface area contributed by atoms with Gasteiger partial charge >= 0.3 is 0 Å². The molecule has 1 aromatic carbocycles. The van der Waals surface area contributed by atoms with E-state index in [1.54, 1.807) is 13.0 Å². The van der Waals surface area contributed by atoms with Crippen molar-refractivity contribution < 1.29 is 9.50 Å². The van der Waals surface area contributed by atoms with Crippen LogP contribution < -0.4 is 4.90 Å². The number of piperidine rings is 1. The van der Waals surface area contributed by atoms with Crippen LogP contribution in [0.25, 0.3) is 0 Å². The Bertz CT molecular complexity index is 359. The summed E-state index contributed by atoms with van der Waals surface area (Å²) in [5, 5.41) is 9.67. The smallest absolute Gasteiger partial charge is 0.123 e. The fraction of sp³-hybridized carbons (Fsp3) is 0.538. The van der Waals surface area contributed by atoms with Gasteiger partial charge in [0.1, 0.15) is 5.82 Å². The van der Waals surface area contributed by atoms with Gasteiger partial charge in [0.2, 0.25) is 0 Å². The van der Waals surface area contributed by atoms with E-state index in [9.17, 15) is 9.50 Å². The third kappa shape index (κ3) is 2.35. The number of aliphatic hydroxyl groups excluding tert-OH is 1. The van der Waals surface area contributed by atoms with Crippen LogP contribution >= 0.6 is 0 Å². The molecule has 0 radical (unpaired) electrons. The lowest BCUT2D eigenvalue weighted by molar-refractivity contribution is 0.199. The first-order chi connectivity index (χ1) is 7.68. The van der Waals surface area contributed by atoms with Crippen molar-refractivity contribution in [2.24, 2.45) is 0 Å². The molecular weight excluding hydrogens is 205 g/mol. The molecule has 1 saturated heterocycles. The molecule has 0 spiro atoms. The van der Waals surface area contributed by atoms with E-state index in [0.29, 0.717) is 5.56 Å². The van der Waals surface area contributed by atoms with Gasteiger partial charge in [-0.15, -0.1) is 0 Å². The molecule has 2 rings (SSSR count). The molecule has 1 aromatic rings. The van der Waals surface area contributed by atoms with E-state index in [1.165, 1.54) is 31.4 Å². The number of aliphatic hydroxyl groups is 1. The summed E-state index contributed by atoms with van der Waals surface area (Å²) in [7, 11) is 0. The van der Waals surface area contributed by atoms with E-state index in [4.69, 9.17) is 0 Å². The molecular formula is C13H18FNO. The molecule has 1 fully saturated rings. The van der Waals surface area contributed by atoms with Gasteiger partial charge in [0.05, 0.1) is 6.10 Å². The Morgan fingerprint density at radius 1 is 1.25 bits per heavy atom. The maximum absolute atomic E-state index is 13.1. The van der Waals surface area contributed by atoms with Crippen molar-refractivity contribution >= 4 is 5.69 Å². The highest BCUT2D eigenvalue weighted by Gasteiger charge is 2.17. The highest BCUT2D eigenvalue weighted by molar-refractivity contribution is 5.55. The molecule has 1 aliphatic heterocycles. The summed E-state index contributed by atoms with van der Waals surface area (Å²) >= 11 is 0. The minimum atomic E-state index is -0.618. The van der Waals surface area contributed by atoms with E-state index in [1.807, 2.05) is 0 Å². The second kappa shape index (κ2) is 4.83. The van der Waals surface area contributed by atoms with Gasteiger partial charge in [-0.3, -0.25) is 0 Å². The second-order valence-corrected chi connectivity index (χ2v) is 4.43. The van der Waals surface area contributed by atoms with Gasteiger partial charge in [-0.25, -0.2) is 4.39 Å². The normalized spacial score (nSPS) is 18.6. The number of benzene rings is 1. The zero-order valence-corrected chi connectivity index (χ0v) is 9.62. The molecule has 0 aliphatic carbocycles. The van der Waals surface area contributed by atoms with Gasteiger partial charge in [0.25, 0.3) is 0 Å². The zero-order valence-electron chi connectivity index (χ0n) is 9.62. The molecule has 16 heavy (non-hydrogen) atoms. The van der Waals surface area contributed by atoms with Gasteiger partial charge in [0, 0.05) is 24.3 Å². The number of anilines is 1. The monoisotopic (exact) mass is 223 g/mol. The first kappa shape index (κ1) is 11.4. The van der Waals surface area contributed by atoms with Crippen LogP contribution in [0.1, 0.15) is 37.9 Å². The van der Waals surface area contributed by atoms with E-state index in [-0.39, 0.29) is 5.82 Å². The van der Waals surface area contributed by atoms with Gasteiger partial charge in [-0.1, -0.05) is 0 Å². The number of rotatable bonds is 2. The van der Waals surface area contributed by atoms with Crippen molar-refractivity contribution in [1.82, 2.24) is 0 Å².